The van der Waals surface area contributed by atoms with Crippen molar-refractivity contribution in [1.29, 1.82) is 0 Å². The molecule has 8 heteroatoms. The minimum absolute atomic E-state index is 0.132. The van der Waals surface area contributed by atoms with Gasteiger partial charge in [-0.1, -0.05) is 23.7 Å². The molecule has 0 amide bonds. The molecule has 1 aromatic heterocycles. The molecule has 0 bridgehead atoms. The van der Waals surface area contributed by atoms with Gasteiger partial charge in [0.05, 0.1) is 23.0 Å². The van der Waals surface area contributed by atoms with Gasteiger partial charge in [-0.15, -0.1) is 0 Å². The maximum atomic E-state index is 12.8. The van der Waals surface area contributed by atoms with Crippen LogP contribution < -0.4 is 0 Å². The van der Waals surface area contributed by atoms with Gasteiger partial charge in [-0.25, -0.2) is 4.98 Å². The Morgan fingerprint density at radius 3 is 2.50 bits per heavy atom. The molecule has 0 radical (unpaired) electrons. The van der Waals surface area contributed by atoms with Crippen LogP contribution in [0.1, 0.15) is 29.3 Å². The second-order valence-corrected chi connectivity index (χ2v) is 6.40. The summed E-state index contributed by atoms with van der Waals surface area (Å²) in [6, 6.07) is 10.1. The quantitative estimate of drug-likeness (QED) is 0.650. The number of aliphatic carboxylic acids is 1. The first kappa shape index (κ1) is 18.3. The maximum Gasteiger partial charge on any atom is 0.416 e. The minimum atomic E-state index is -4.44. The highest BCUT2D eigenvalue weighted by molar-refractivity contribution is 6.30. The molecule has 0 saturated heterocycles. The fraction of sp³-hybridized carbons (Fsp3) is 0.222. The lowest BCUT2D eigenvalue weighted by Crippen LogP contribution is -2.10. The van der Waals surface area contributed by atoms with Crippen molar-refractivity contribution < 1.29 is 23.1 Å². The van der Waals surface area contributed by atoms with E-state index in [1.807, 2.05) is 0 Å². The number of carboxylic acids is 1. The third-order valence-corrected chi connectivity index (χ3v) is 4.31. The fourth-order valence-corrected chi connectivity index (χ4v) is 2.94. The predicted octanol–water partition coefficient (Wildman–Crippen LogP) is 5.04. The molecule has 1 heterocycles. The normalized spacial score (nSPS) is 13.1. The van der Waals surface area contributed by atoms with E-state index in [4.69, 9.17) is 16.7 Å². The number of benzene rings is 2. The van der Waals surface area contributed by atoms with Crippen molar-refractivity contribution in [1.82, 2.24) is 9.97 Å². The highest BCUT2D eigenvalue weighted by atomic mass is 35.5. The van der Waals surface area contributed by atoms with Crippen LogP contribution >= 0.6 is 11.6 Å². The third kappa shape index (κ3) is 4.16. The van der Waals surface area contributed by atoms with Crippen molar-refractivity contribution >= 4 is 28.6 Å². The van der Waals surface area contributed by atoms with Gasteiger partial charge in [-0.2, -0.15) is 13.2 Å². The van der Waals surface area contributed by atoms with Gasteiger partial charge in [0.25, 0.3) is 0 Å². The lowest BCUT2D eigenvalue weighted by Gasteiger charge is -2.14. The van der Waals surface area contributed by atoms with Crippen LogP contribution in [0.3, 0.4) is 0 Å². The van der Waals surface area contributed by atoms with E-state index < -0.39 is 17.7 Å². The largest absolute Gasteiger partial charge is 0.481 e. The van der Waals surface area contributed by atoms with E-state index in [-0.39, 0.29) is 24.3 Å². The number of nitrogens with one attached hydrogen (secondary N) is 1. The zero-order valence-electron chi connectivity index (χ0n) is 13.3. The fourth-order valence-electron chi connectivity index (χ4n) is 2.82. The van der Waals surface area contributed by atoms with Crippen LogP contribution in [0.5, 0.6) is 0 Å². The molecule has 0 fully saturated rings. The van der Waals surface area contributed by atoms with Crippen molar-refractivity contribution in [3.63, 3.8) is 0 Å². The highest BCUT2D eigenvalue weighted by Crippen LogP contribution is 2.31. The Balaban J connectivity index is 1.90. The van der Waals surface area contributed by atoms with Gasteiger partial charge in [0.2, 0.25) is 0 Å². The average molecular weight is 383 g/mol. The number of hydrogen-bond donors (Lipinski definition) is 2. The first-order chi connectivity index (χ1) is 12.2. The number of carboxylic acid groups (broad SMARTS) is 1. The topological polar surface area (TPSA) is 66.0 Å². The van der Waals surface area contributed by atoms with Gasteiger partial charge in [-0.3, -0.25) is 4.79 Å². The Hall–Kier alpha value is -2.54. The van der Waals surface area contributed by atoms with Crippen molar-refractivity contribution in [2.24, 2.45) is 0 Å². The van der Waals surface area contributed by atoms with E-state index in [0.717, 1.165) is 17.7 Å². The van der Waals surface area contributed by atoms with Crippen LogP contribution in [0, 0.1) is 0 Å². The summed E-state index contributed by atoms with van der Waals surface area (Å²) in [6.45, 7) is 0. The molecule has 136 valence electrons. The second-order valence-electron chi connectivity index (χ2n) is 5.96. The zero-order chi connectivity index (χ0) is 18.9. The summed E-state index contributed by atoms with van der Waals surface area (Å²) in [5, 5.41) is 9.70. The van der Waals surface area contributed by atoms with Crippen LogP contribution in [-0.4, -0.2) is 21.0 Å². The summed E-state index contributed by atoms with van der Waals surface area (Å²) in [7, 11) is 0. The number of halogens is 4. The minimum Gasteiger partial charge on any atom is -0.481 e. The highest BCUT2D eigenvalue weighted by Gasteiger charge is 2.30. The molecule has 3 rings (SSSR count). The SMILES string of the molecule is O=C(O)CC(Cc1nc2cc(C(F)(F)F)ccc2[nH]1)c1ccc(Cl)cc1. The molecule has 2 N–H and O–H groups in total. The number of H-pyrrole nitrogens is 1. The third-order valence-electron chi connectivity index (χ3n) is 4.06. The van der Waals surface area contributed by atoms with E-state index in [9.17, 15) is 18.0 Å². The number of alkyl halides is 3. The molecule has 3 aromatic rings. The number of carbonyl (C=O) groups is 1. The predicted molar refractivity (Wildman–Crippen MR) is 91.2 cm³/mol. The van der Waals surface area contributed by atoms with Crippen molar-refractivity contribution in [2.45, 2.75) is 24.9 Å². The van der Waals surface area contributed by atoms with Gasteiger partial charge in [0.1, 0.15) is 5.82 Å². The maximum absolute atomic E-state index is 12.8. The summed E-state index contributed by atoms with van der Waals surface area (Å²) in [4.78, 5) is 18.3. The Kier molecular flexibility index (Phi) is 4.91. The summed E-state index contributed by atoms with van der Waals surface area (Å²) in [5.74, 6) is -0.923. The zero-order valence-corrected chi connectivity index (χ0v) is 14.1. The first-order valence-electron chi connectivity index (χ1n) is 7.75. The van der Waals surface area contributed by atoms with Crippen LogP contribution in [0.15, 0.2) is 42.5 Å². The molecular weight excluding hydrogens is 369 g/mol. The molecule has 0 aliphatic heterocycles. The Morgan fingerprint density at radius 1 is 1.19 bits per heavy atom. The Bertz CT molecular complexity index is 936. The van der Waals surface area contributed by atoms with Gasteiger partial charge in [-0.05, 0) is 35.9 Å². The standard InChI is InChI=1S/C18H14ClF3N2O2/c19-13-4-1-10(2-5-13)11(8-17(25)26)7-16-23-14-6-3-12(18(20,21)22)9-15(14)24-16/h1-6,9,11H,7-8H2,(H,23,24)(H,25,26). The molecule has 4 nitrogen and oxygen atoms in total. The van der Waals surface area contributed by atoms with Crippen molar-refractivity contribution in [3.8, 4) is 0 Å². The molecular formula is C18H14ClF3N2O2. The van der Waals surface area contributed by atoms with Gasteiger partial charge < -0.3 is 10.1 Å². The Morgan fingerprint density at radius 2 is 1.88 bits per heavy atom. The number of imidazole rings is 1. The molecule has 0 aliphatic rings. The van der Waals surface area contributed by atoms with Crippen LogP contribution in [0.25, 0.3) is 11.0 Å². The van der Waals surface area contributed by atoms with Gasteiger partial charge in [0.15, 0.2) is 0 Å². The van der Waals surface area contributed by atoms with E-state index >= 15 is 0 Å². The second kappa shape index (κ2) is 6.99. The summed E-state index contributed by atoms with van der Waals surface area (Å²) < 4.78 is 38.4. The van der Waals surface area contributed by atoms with Gasteiger partial charge >= 0.3 is 12.1 Å². The van der Waals surface area contributed by atoms with E-state index in [1.54, 1.807) is 24.3 Å². The molecule has 0 aliphatic carbocycles. The summed E-state index contributed by atoms with van der Waals surface area (Å²) >= 11 is 5.86. The number of aromatic nitrogens is 2. The summed E-state index contributed by atoms with van der Waals surface area (Å²) in [5.41, 5.74) is 0.661. The molecule has 0 saturated carbocycles. The number of aromatic amines is 1. The van der Waals surface area contributed by atoms with Crippen LogP contribution in [-0.2, 0) is 17.4 Å². The molecule has 1 atom stereocenters. The van der Waals surface area contributed by atoms with E-state index in [1.165, 1.54) is 6.07 Å². The van der Waals surface area contributed by atoms with Crippen molar-refractivity contribution in [2.75, 3.05) is 0 Å². The van der Waals surface area contributed by atoms with Gasteiger partial charge in [0, 0.05) is 17.4 Å². The number of fused-ring (bicyclic) bond motifs is 1. The molecule has 0 spiro atoms. The monoisotopic (exact) mass is 382 g/mol. The lowest BCUT2D eigenvalue weighted by atomic mass is 9.92. The number of hydrogen-bond acceptors (Lipinski definition) is 2. The van der Waals surface area contributed by atoms with Crippen molar-refractivity contribution in [3.05, 3.63) is 64.4 Å². The number of rotatable bonds is 5. The first-order valence-corrected chi connectivity index (χ1v) is 8.13. The summed E-state index contributed by atoms with van der Waals surface area (Å²) in [6.07, 6.45) is -4.32. The van der Waals surface area contributed by atoms with Crippen LogP contribution in [0.4, 0.5) is 13.2 Å². The number of nitrogens with zero attached hydrogens (tertiary/aromatic N) is 1. The Labute approximate surface area is 151 Å². The van der Waals surface area contributed by atoms with E-state index in [2.05, 4.69) is 9.97 Å². The smallest absolute Gasteiger partial charge is 0.416 e. The molecule has 1 unspecified atom stereocenters. The van der Waals surface area contributed by atoms with E-state index in [0.29, 0.717) is 16.4 Å². The van der Waals surface area contributed by atoms with Crippen LogP contribution in [0.2, 0.25) is 5.02 Å². The molecule has 2 aromatic carbocycles. The average Bonchev–Trinajstić information content (AvgIpc) is 2.95. The lowest BCUT2D eigenvalue weighted by molar-refractivity contribution is -0.138. The molecule has 26 heavy (non-hydrogen) atoms.